The van der Waals surface area contributed by atoms with Crippen LogP contribution in [0.1, 0.15) is 24.8 Å². The molecule has 0 aliphatic carbocycles. The average molecular weight is 390 g/mol. The zero-order chi connectivity index (χ0) is 17.6. The lowest BCUT2D eigenvalue weighted by Gasteiger charge is -2.34. The molecule has 1 aliphatic heterocycles. The van der Waals surface area contributed by atoms with E-state index in [1.807, 2.05) is 6.92 Å². The number of halogens is 2. The highest BCUT2D eigenvalue weighted by atomic mass is 35.5. The van der Waals surface area contributed by atoms with Gasteiger partial charge in [0.15, 0.2) is 0 Å². The Kier molecular flexibility index (Phi) is 8.65. The summed E-state index contributed by atoms with van der Waals surface area (Å²) in [7, 11) is 0. The van der Waals surface area contributed by atoms with Gasteiger partial charge in [0, 0.05) is 43.4 Å². The van der Waals surface area contributed by atoms with Gasteiger partial charge in [-0.15, -0.1) is 12.4 Å². The molecule has 1 fully saturated rings. The number of carbonyl (C=O) groups excluding carboxylic acids is 2. The van der Waals surface area contributed by atoms with Crippen LogP contribution in [0, 0.1) is 12.3 Å². The lowest BCUT2D eigenvalue weighted by molar-refractivity contribution is -0.135. The Morgan fingerprint density at radius 2 is 2.00 bits per heavy atom. The Balaban J connectivity index is 0.00000312. The predicted octanol–water partition coefficient (Wildman–Crippen LogP) is 2.27. The van der Waals surface area contributed by atoms with Crippen molar-refractivity contribution >= 4 is 41.5 Å². The molecule has 0 atom stereocenters. The Morgan fingerprint density at radius 3 is 2.64 bits per heavy atom. The molecule has 1 aromatic carbocycles. The maximum Gasteiger partial charge on any atom is 0.227 e. The van der Waals surface area contributed by atoms with Gasteiger partial charge in [0.2, 0.25) is 11.8 Å². The number of nitrogens with two attached hydrogens (primary N) is 1. The molecule has 0 saturated carbocycles. The summed E-state index contributed by atoms with van der Waals surface area (Å²) in [6.07, 6.45) is 1.42. The fourth-order valence-electron chi connectivity index (χ4n) is 2.72. The van der Waals surface area contributed by atoms with E-state index in [1.165, 1.54) is 0 Å². The third kappa shape index (κ3) is 5.57. The average Bonchev–Trinajstić information content (AvgIpc) is 2.59. The normalized spacial score (nSPS) is 15.8. The third-order valence-electron chi connectivity index (χ3n) is 4.50. The molecular formula is C17H25Cl2N3O3. The molecule has 8 heteroatoms. The predicted molar refractivity (Wildman–Crippen MR) is 101 cm³/mol. The van der Waals surface area contributed by atoms with Gasteiger partial charge in [0.25, 0.3) is 0 Å². The maximum absolute atomic E-state index is 12.4. The summed E-state index contributed by atoms with van der Waals surface area (Å²) in [6, 6.07) is 5.35. The number of hydrogen-bond donors (Lipinski definition) is 3. The topological polar surface area (TPSA) is 93.5 Å². The van der Waals surface area contributed by atoms with Crippen LogP contribution in [0.15, 0.2) is 18.2 Å². The molecule has 6 nitrogen and oxygen atoms in total. The third-order valence-corrected chi connectivity index (χ3v) is 4.91. The Bertz CT molecular complexity index is 605. The zero-order valence-electron chi connectivity index (χ0n) is 14.3. The van der Waals surface area contributed by atoms with Crippen LogP contribution in [0.2, 0.25) is 5.02 Å². The summed E-state index contributed by atoms with van der Waals surface area (Å²) >= 11 is 6.03. The number of benzene rings is 1. The Morgan fingerprint density at radius 1 is 1.32 bits per heavy atom. The number of rotatable bonds is 6. The van der Waals surface area contributed by atoms with E-state index in [1.54, 1.807) is 18.2 Å². The molecular weight excluding hydrogens is 365 g/mol. The maximum atomic E-state index is 12.4. The molecule has 4 N–H and O–H groups in total. The second kappa shape index (κ2) is 9.97. The van der Waals surface area contributed by atoms with E-state index in [9.17, 15) is 9.59 Å². The summed E-state index contributed by atoms with van der Waals surface area (Å²) in [5.74, 6) is -0.269. The molecule has 1 aromatic rings. The summed E-state index contributed by atoms with van der Waals surface area (Å²) in [5, 5.41) is 6.24. The van der Waals surface area contributed by atoms with E-state index in [2.05, 4.69) is 10.6 Å². The van der Waals surface area contributed by atoms with Crippen LogP contribution in [0.25, 0.3) is 0 Å². The highest BCUT2D eigenvalue weighted by Gasteiger charge is 2.38. The highest BCUT2D eigenvalue weighted by Crippen LogP contribution is 2.29. The van der Waals surface area contributed by atoms with Gasteiger partial charge in [-0.05, 0) is 37.5 Å². The summed E-state index contributed by atoms with van der Waals surface area (Å²) in [5.41, 5.74) is 6.73. The van der Waals surface area contributed by atoms with E-state index in [4.69, 9.17) is 22.1 Å². The van der Waals surface area contributed by atoms with Crippen LogP contribution < -0.4 is 16.4 Å². The number of carbonyl (C=O) groups is 2. The van der Waals surface area contributed by atoms with Crippen LogP contribution >= 0.6 is 24.0 Å². The van der Waals surface area contributed by atoms with Gasteiger partial charge in [0.05, 0.1) is 5.41 Å². The fourth-order valence-corrected chi connectivity index (χ4v) is 2.89. The number of anilines is 1. The molecule has 0 unspecified atom stereocenters. The number of ether oxygens (including phenoxy) is 1. The van der Waals surface area contributed by atoms with E-state index >= 15 is 0 Å². The van der Waals surface area contributed by atoms with Crippen molar-refractivity contribution < 1.29 is 14.3 Å². The first kappa shape index (κ1) is 21.7. The standard InChI is InChI=1S/C17H24ClN3O3.ClH/c1-12-13(18)3-2-4-14(12)21-15(22)5-8-20-16(23)17(11-19)6-9-24-10-7-17;/h2-4H,5-11,19H2,1H3,(H,20,23)(H,21,22);1H. The van der Waals surface area contributed by atoms with E-state index in [0.717, 1.165) is 5.56 Å². The molecule has 1 heterocycles. The number of hydrogen-bond acceptors (Lipinski definition) is 4. The summed E-state index contributed by atoms with van der Waals surface area (Å²) < 4.78 is 5.30. The van der Waals surface area contributed by atoms with Crippen LogP contribution in [0.4, 0.5) is 5.69 Å². The van der Waals surface area contributed by atoms with Crippen molar-refractivity contribution in [2.75, 3.05) is 31.6 Å². The minimum absolute atomic E-state index is 0. The second-order valence-corrected chi connectivity index (χ2v) is 6.47. The Labute approximate surface area is 159 Å². The molecule has 2 amide bonds. The lowest BCUT2D eigenvalue weighted by Crippen LogP contribution is -2.49. The fraction of sp³-hybridized carbons (Fsp3) is 0.529. The molecule has 140 valence electrons. The molecule has 2 rings (SSSR count). The number of nitrogens with one attached hydrogen (secondary N) is 2. The van der Waals surface area contributed by atoms with Crippen molar-refractivity contribution in [1.82, 2.24) is 5.32 Å². The summed E-state index contributed by atoms with van der Waals surface area (Å²) in [4.78, 5) is 24.4. The van der Waals surface area contributed by atoms with E-state index in [-0.39, 0.29) is 43.7 Å². The minimum atomic E-state index is -0.571. The smallest absolute Gasteiger partial charge is 0.227 e. The van der Waals surface area contributed by atoms with Crippen LogP contribution in [-0.4, -0.2) is 38.1 Å². The van der Waals surface area contributed by atoms with Crippen molar-refractivity contribution in [3.8, 4) is 0 Å². The first-order valence-corrected chi connectivity index (χ1v) is 8.47. The molecule has 1 saturated heterocycles. The molecule has 0 bridgehead atoms. The lowest BCUT2D eigenvalue weighted by atomic mass is 9.79. The molecule has 25 heavy (non-hydrogen) atoms. The van der Waals surface area contributed by atoms with Crippen molar-refractivity contribution in [3.05, 3.63) is 28.8 Å². The molecule has 0 spiro atoms. The largest absolute Gasteiger partial charge is 0.381 e. The van der Waals surface area contributed by atoms with E-state index in [0.29, 0.717) is 36.8 Å². The SMILES string of the molecule is Cc1c(Cl)cccc1NC(=O)CCNC(=O)C1(CN)CCOCC1.Cl. The highest BCUT2D eigenvalue weighted by molar-refractivity contribution is 6.31. The number of amides is 2. The first-order chi connectivity index (χ1) is 11.5. The minimum Gasteiger partial charge on any atom is -0.381 e. The van der Waals surface area contributed by atoms with Crippen molar-refractivity contribution in [2.24, 2.45) is 11.1 Å². The van der Waals surface area contributed by atoms with Gasteiger partial charge >= 0.3 is 0 Å². The zero-order valence-corrected chi connectivity index (χ0v) is 15.8. The first-order valence-electron chi connectivity index (χ1n) is 8.09. The van der Waals surface area contributed by atoms with Gasteiger partial charge in [-0.2, -0.15) is 0 Å². The van der Waals surface area contributed by atoms with Crippen molar-refractivity contribution in [3.63, 3.8) is 0 Å². The second-order valence-electron chi connectivity index (χ2n) is 6.06. The van der Waals surface area contributed by atoms with Gasteiger partial charge in [-0.25, -0.2) is 0 Å². The summed E-state index contributed by atoms with van der Waals surface area (Å²) in [6.45, 7) is 3.48. The van der Waals surface area contributed by atoms with Crippen molar-refractivity contribution in [1.29, 1.82) is 0 Å². The molecule has 0 aromatic heterocycles. The van der Waals surface area contributed by atoms with Gasteiger partial charge in [-0.3, -0.25) is 9.59 Å². The molecule has 1 aliphatic rings. The van der Waals surface area contributed by atoms with Crippen LogP contribution in [0.3, 0.4) is 0 Å². The monoisotopic (exact) mass is 389 g/mol. The van der Waals surface area contributed by atoms with Crippen LogP contribution in [0.5, 0.6) is 0 Å². The van der Waals surface area contributed by atoms with Gasteiger partial charge in [-0.1, -0.05) is 17.7 Å². The van der Waals surface area contributed by atoms with Crippen molar-refractivity contribution in [2.45, 2.75) is 26.2 Å². The Hall–Kier alpha value is -1.34. The van der Waals surface area contributed by atoms with Gasteiger partial charge < -0.3 is 21.1 Å². The van der Waals surface area contributed by atoms with Gasteiger partial charge in [0.1, 0.15) is 0 Å². The van der Waals surface area contributed by atoms with E-state index < -0.39 is 5.41 Å². The van der Waals surface area contributed by atoms with Crippen LogP contribution in [-0.2, 0) is 14.3 Å². The molecule has 0 radical (unpaired) electrons. The quantitative estimate of drug-likeness (QED) is 0.695.